The number of ether oxygens (including phenoxy) is 1. The molecule has 0 unspecified atom stereocenters. The van der Waals surface area contributed by atoms with Crippen molar-refractivity contribution in [2.24, 2.45) is 0 Å². The summed E-state index contributed by atoms with van der Waals surface area (Å²) in [7, 11) is 0. The van der Waals surface area contributed by atoms with Gasteiger partial charge in [-0.2, -0.15) is 0 Å². The van der Waals surface area contributed by atoms with Crippen molar-refractivity contribution < 1.29 is 4.74 Å². The van der Waals surface area contributed by atoms with Crippen LogP contribution < -0.4 is 10.1 Å². The van der Waals surface area contributed by atoms with Crippen molar-refractivity contribution in [1.82, 2.24) is 9.88 Å². The van der Waals surface area contributed by atoms with Crippen LogP contribution in [0.1, 0.15) is 52.3 Å². The number of fused-ring (bicyclic) bond motifs is 1. The van der Waals surface area contributed by atoms with Crippen LogP contribution in [-0.4, -0.2) is 16.7 Å². The smallest absolute Gasteiger partial charge is 0.120 e. The summed E-state index contributed by atoms with van der Waals surface area (Å²) < 4.78 is 8.39. The number of hydrogen-bond acceptors (Lipinski definition) is 2. The number of nitrogens with zero attached hydrogens (tertiary/aromatic N) is 1. The monoisotopic (exact) mass is 302 g/mol. The maximum absolute atomic E-state index is 6.01. The maximum Gasteiger partial charge on any atom is 0.120 e. The van der Waals surface area contributed by atoms with E-state index < -0.39 is 0 Å². The molecule has 0 fully saturated rings. The van der Waals surface area contributed by atoms with E-state index in [2.05, 4.69) is 69.6 Å². The van der Waals surface area contributed by atoms with Crippen molar-refractivity contribution in [3.05, 3.63) is 29.5 Å². The van der Waals surface area contributed by atoms with Gasteiger partial charge >= 0.3 is 0 Å². The Balaban J connectivity index is 2.45. The second-order valence-corrected chi connectivity index (χ2v) is 6.36. The van der Waals surface area contributed by atoms with Gasteiger partial charge < -0.3 is 14.6 Å². The lowest BCUT2D eigenvalue weighted by molar-refractivity contribution is 0.217. The SMILES string of the molecule is CC[C@H](C)Oc1ccc2c(c1)c(CNC(C)C)c(C)n2CC. The Morgan fingerprint density at radius 2 is 1.91 bits per heavy atom. The lowest BCUT2D eigenvalue weighted by Gasteiger charge is -2.13. The Hall–Kier alpha value is -1.48. The summed E-state index contributed by atoms with van der Waals surface area (Å²) in [6, 6.07) is 6.99. The quantitative estimate of drug-likeness (QED) is 0.806. The first-order chi connectivity index (χ1) is 10.5. The van der Waals surface area contributed by atoms with Gasteiger partial charge in [0, 0.05) is 35.7 Å². The molecule has 3 heteroatoms. The lowest BCUT2D eigenvalue weighted by Crippen LogP contribution is -2.22. The van der Waals surface area contributed by atoms with E-state index in [-0.39, 0.29) is 6.10 Å². The molecule has 1 atom stereocenters. The molecule has 0 saturated heterocycles. The second-order valence-electron chi connectivity index (χ2n) is 6.36. The third kappa shape index (κ3) is 3.46. The van der Waals surface area contributed by atoms with Gasteiger partial charge in [0.1, 0.15) is 5.75 Å². The zero-order valence-electron chi connectivity index (χ0n) is 14.9. The van der Waals surface area contributed by atoms with Crippen LogP contribution in [0.25, 0.3) is 10.9 Å². The molecule has 0 radical (unpaired) electrons. The Kier molecular flexibility index (Phi) is 5.52. The lowest BCUT2D eigenvalue weighted by atomic mass is 10.1. The summed E-state index contributed by atoms with van der Waals surface area (Å²) in [5.74, 6) is 0.973. The predicted octanol–water partition coefficient (Wildman–Crippen LogP) is 4.64. The first-order valence-electron chi connectivity index (χ1n) is 8.49. The molecule has 2 rings (SSSR count). The van der Waals surface area contributed by atoms with Crippen molar-refractivity contribution in [3.8, 4) is 5.75 Å². The van der Waals surface area contributed by atoms with Gasteiger partial charge in [0.25, 0.3) is 0 Å². The minimum Gasteiger partial charge on any atom is -0.491 e. The van der Waals surface area contributed by atoms with Gasteiger partial charge in [-0.15, -0.1) is 0 Å². The zero-order chi connectivity index (χ0) is 16.3. The van der Waals surface area contributed by atoms with Crippen molar-refractivity contribution in [2.45, 2.75) is 73.2 Å². The summed E-state index contributed by atoms with van der Waals surface area (Å²) in [6.07, 6.45) is 1.28. The number of aryl methyl sites for hydroxylation is 1. The van der Waals surface area contributed by atoms with Crippen LogP contribution in [-0.2, 0) is 13.1 Å². The van der Waals surface area contributed by atoms with Crippen molar-refractivity contribution in [1.29, 1.82) is 0 Å². The molecular formula is C19H30N2O. The predicted molar refractivity (Wildman–Crippen MR) is 94.7 cm³/mol. The molecule has 0 aliphatic heterocycles. The Bertz CT molecular complexity index is 628. The van der Waals surface area contributed by atoms with E-state index in [0.717, 1.165) is 25.3 Å². The van der Waals surface area contributed by atoms with E-state index in [1.807, 2.05) is 0 Å². The van der Waals surface area contributed by atoms with Gasteiger partial charge in [0.15, 0.2) is 0 Å². The van der Waals surface area contributed by atoms with Gasteiger partial charge in [0.2, 0.25) is 0 Å². The molecule has 0 spiro atoms. The highest BCUT2D eigenvalue weighted by atomic mass is 16.5. The fourth-order valence-corrected chi connectivity index (χ4v) is 2.86. The van der Waals surface area contributed by atoms with E-state index in [1.165, 1.54) is 22.2 Å². The molecule has 0 saturated carbocycles. The van der Waals surface area contributed by atoms with Gasteiger partial charge in [-0.25, -0.2) is 0 Å². The van der Waals surface area contributed by atoms with Crippen LogP contribution in [0.5, 0.6) is 5.75 Å². The Labute approximate surface area is 134 Å². The van der Waals surface area contributed by atoms with Crippen LogP contribution >= 0.6 is 0 Å². The van der Waals surface area contributed by atoms with Gasteiger partial charge in [-0.05, 0) is 51.0 Å². The average Bonchev–Trinajstić information content (AvgIpc) is 2.75. The van der Waals surface area contributed by atoms with Crippen molar-refractivity contribution in [3.63, 3.8) is 0 Å². The highest BCUT2D eigenvalue weighted by Crippen LogP contribution is 2.30. The fraction of sp³-hybridized carbons (Fsp3) is 0.579. The molecule has 3 nitrogen and oxygen atoms in total. The highest BCUT2D eigenvalue weighted by molar-refractivity contribution is 5.87. The van der Waals surface area contributed by atoms with Gasteiger partial charge in [-0.3, -0.25) is 0 Å². The van der Waals surface area contributed by atoms with E-state index in [1.54, 1.807) is 0 Å². The Morgan fingerprint density at radius 1 is 1.18 bits per heavy atom. The molecule has 1 heterocycles. The molecular weight excluding hydrogens is 272 g/mol. The molecule has 0 amide bonds. The maximum atomic E-state index is 6.01. The van der Waals surface area contributed by atoms with E-state index in [9.17, 15) is 0 Å². The van der Waals surface area contributed by atoms with Crippen LogP contribution in [0.3, 0.4) is 0 Å². The highest BCUT2D eigenvalue weighted by Gasteiger charge is 2.14. The standard InChI is InChI=1S/C19H30N2O/c1-7-14(5)22-16-9-10-19-17(11-16)18(12-20-13(3)4)15(6)21(19)8-2/h9-11,13-14,20H,7-8,12H2,1-6H3/t14-/m0/s1. The number of nitrogens with one attached hydrogen (secondary N) is 1. The summed E-state index contributed by atoms with van der Waals surface area (Å²) in [5, 5.41) is 4.86. The van der Waals surface area contributed by atoms with Crippen LogP contribution in [0.15, 0.2) is 18.2 Å². The average molecular weight is 302 g/mol. The number of aromatic nitrogens is 1. The van der Waals surface area contributed by atoms with Gasteiger partial charge in [0.05, 0.1) is 6.10 Å². The topological polar surface area (TPSA) is 26.2 Å². The van der Waals surface area contributed by atoms with Crippen molar-refractivity contribution >= 4 is 10.9 Å². The number of benzene rings is 1. The number of hydrogen-bond donors (Lipinski definition) is 1. The molecule has 0 aliphatic carbocycles. The first kappa shape index (κ1) is 16.9. The van der Waals surface area contributed by atoms with Crippen LogP contribution in [0.4, 0.5) is 0 Å². The van der Waals surface area contributed by atoms with Crippen LogP contribution in [0, 0.1) is 6.92 Å². The van der Waals surface area contributed by atoms with E-state index in [4.69, 9.17) is 4.74 Å². The molecule has 0 aliphatic rings. The minimum atomic E-state index is 0.254. The van der Waals surface area contributed by atoms with Gasteiger partial charge in [-0.1, -0.05) is 20.8 Å². The summed E-state index contributed by atoms with van der Waals surface area (Å²) in [5.41, 5.74) is 4.04. The number of rotatable bonds is 7. The van der Waals surface area contributed by atoms with E-state index >= 15 is 0 Å². The second kappa shape index (κ2) is 7.19. The fourth-order valence-electron chi connectivity index (χ4n) is 2.86. The van der Waals surface area contributed by atoms with E-state index in [0.29, 0.717) is 6.04 Å². The molecule has 2 aromatic rings. The van der Waals surface area contributed by atoms with Crippen LogP contribution in [0.2, 0.25) is 0 Å². The first-order valence-corrected chi connectivity index (χ1v) is 8.49. The molecule has 22 heavy (non-hydrogen) atoms. The molecule has 1 aromatic carbocycles. The summed E-state index contributed by atoms with van der Waals surface area (Å²) in [4.78, 5) is 0. The molecule has 1 aromatic heterocycles. The zero-order valence-corrected chi connectivity index (χ0v) is 14.9. The Morgan fingerprint density at radius 3 is 2.50 bits per heavy atom. The van der Waals surface area contributed by atoms with Crippen molar-refractivity contribution in [2.75, 3.05) is 0 Å². The third-order valence-electron chi connectivity index (χ3n) is 4.34. The largest absolute Gasteiger partial charge is 0.491 e. The molecule has 122 valence electrons. The molecule has 1 N–H and O–H groups in total. The third-order valence-corrected chi connectivity index (χ3v) is 4.34. The minimum absolute atomic E-state index is 0.254. The normalized spacial score (nSPS) is 13.0. The summed E-state index contributed by atoms with van der Waals surface area (Å²) in [6.45, 7) is 15.0. The summed E-state index contributed by atoms with van der Waals surface area (Å²) >= 11 is 0. The molecule has 0 bridgehead atoms.